The maximum absolute atomic E-state index is 11.9. The lowest BCUT2D eigenvalue weighted by Crippen LogP contribution is -2.27. The molecule has 1 unspecified atom stereocenters. The number of methoxy groups -OCH3 is 1. The molecule has 1 amide bonds. The molecule has 0 aliphatic rings. The highest BCUT2D eigenvalue weighted by Gasteiger charge is 2.09. The van der Waals surface area contributed by atoms with E-state index in [4.69, 9.17) is 21.1 Å². The van der Waals surface area contributed by atoms with Gasteiger partial charge in [0.15, 0.2) is 0 Å². The quantitative estimate of drug-likeness (QED) is 0.833. The smallest absolute Gasteiger partial charge is 0.223 e. The van der Waals surface area contributed by atoms with Gasteiger partial charge in [0.2, 0.25) is 5.91 Å². The maximum atomic E-state index is 11.9. The van der Waals surface area contributed by atoms with Crippen molar-refractivity contribution in [3.8, 4) is 11.5 Å². The van der Waals surface area contributed by atoms with E-state index in [9.17, 15) is 4.79 Å². The molecule has 1 atom stereocenters. The Balaban J connectivity index is 1.74. The van der Waals surface area contributed by atoms with Gasteiger partial charge in [-0.2, -0.15) is 0 Å². The number of amides is 1. The molecule has 4 nitrogen and oxygen atoms in total. The van der Waals surface area contributed by atoms with E-state index in [-0.39, 0.29) is 11.9 Å². The Bertz CT molecular complexity index is 626. The van der Waals surface area contributed by atoms with Gasteiger partial charge in [0.05, 0.1) is 26.2 Å². The van der Waals surface area contributed by atoms with E-state index in [1.54, 1.807) is 7.11 Å². The van der Waals surface area contributed by atoms with E-state index in [0.29, 0.717) is 23.8 Å². The lowest BCUT2D eigenvalue weighted by molar-refractivity contribution is -0.122. The van der Waals surface area contributed by atoms with Crippen LogP contribution in [0.5, 0.6) is 11.5 Å². The Hall–Kier alpha value is -2.20. The van der Waals surface area contributed by atoms with E-state index < -0.39 is 0 Å². The minimum absolute atomic E-state index is 0.0547. The molecule has 2 aromatic rings. The third-order valence-corrected chi connectivity index (χ3v) is 3.66. The van der Waals surface area contributed by atoms with Crippen LogP contribution in [-0.2, 0) is 4.79 Å². The summed E-state index contributed by atoms with van der Waals surface area (Å²) in [7, 11) is 1.61. The molecule has 2 aromatic carbocycles. The van der Waals surface area contributed by atoms with E-state index in [1.165, 1.54) is 0 Å². The molecule has 0 bridgehead atoms. The van der Waals surface area contributed by atoms with Gasteiger partial charge in [0.1, 0.15) is 11.5 Å². The summed E-state index contributed by atoms with van der Waals surface area (Å²) >= 11 is 5.86. The molecule has 0 spiro atoms. The van der Waals surface area contributed by atoms with Gasteiger partial charge in [-0.25, -0.2) is 0 Å². The van der Waals surface area contributed by atoms with Crippen LogP contribution < -0.4 is 14.8 Å². The van der Waals surface area contributed by atoms with E-state index >= 15 is 0 Å². The normalized spacial score (nSPS) is 11.6. The Labute approximate surface area is 141 Å². The molecule has 0 aromatic heterocycles. The summed E-state index contributed by atoms with van der Waals surface area (Å²) in [4.78, 5) is 11.9. The van der Waals surface area contributed by atoms with Gasteiger partial charge in [-0.05, 0) is 48.9 Å². The highest BCUT2D eigenvalue weighted by Crippen LogP contribution is 2.18. The molecule has 0 fully saturated rings. The fourth-order valence-corrected chi connectivity index (χ4v) is 2.21. The number of halogens is 1. The predicted octanol–water partition coefficient (Wildman–Crippen LogP) is 3.99. The minimum Gasteiger partial charge on any atom is -0.497 e. The molecule has 0 heterocycles. The third kappa shape index (κ3) is 5.49. The van der Waals surface area contributed by atoms with E-state index in [2.05, 4.69) is 5.32 Å². The number of carbonyl (C=O) groups excluding carboxylic acids is 1. The minimum atomic E-state index is -0.0687. The fourth-order valence-electron chi connectivity index (χ4n) is 2.08. The predicted molar refractivity (Wildman–Crippen MR) is 91.1 cm³/mol. The number of benzene rings is 2. The number of nitrogens with one attached hydrogen (secondary N) is 1. The number of hydrogen-bond acceptors (Lipinski definition) is 3. The van der Waals surface area contributed by atoms with Crippen molar-refractivity contribution in [2.45, 2.75) is 19.4 Å². The van der Waals surface area contributed by atoms with Crippen molar-refractivity contribution in [1.29, 1.82) is 0 Å². The second-order valence-corrected chi connectivity index (χ2v) is 5.55. The number of rotatable bonds is 7. The Kier molecular flexibility index (Phi) is 6.29. The SMILES string of the molecule is COc1ccc(OCCC(=O)NC(C)c2ccc(Cl)cc2)cc1. The van der Waals surface area contributed by atoms with Gasteiger partial charge in [-0.1, -0.05) is 23.7 Å². The molecule has 2 rings (SSSR count). The molecular formula is C18H20ClNO3. The summed E-state index contributed by atoms with van der Waals surface area (Å²) < 4.78 is 10.6. The number of ether oxygens (including phenoxy) is 2. The standard InChI is InChI=1S/C18H20ClNO3/c1-13(14-3-5-15(19)6-4-14)20-18(21)11-12-23-17-9-7-16(22-2)8-10-17/h3-10,13H,11-12H2,1-2H3,(H,20,21). The van der Waals surface area contributed by atoms with Crippen LogP contribution >= 0.6 is 11.6 Å². The first-order valence-corrected chi connectivity index (χ1v) is 7.78. The average molecular weight is 334 g/mol. The zero-order valence-corrected chi connectivity index (χ0v) is 14.0. The van der Waals surface area contributed by atoms with Crippen molar-refractivity contribution >= 4 is 17.5 Å². The number of hydrogen-bond donors (Lipinski definition) is 1. The zero-order valence-electron chi connectivity index (χ0n) is 13.2. The van der Waals surface area contributed by atoms with Gasteiger partial charge in [0.25, 0.3) is 0 Å². The molecule has 0 radical (unpaired) electrons. The average Bonchev–Trinajstić information content (AvgIpc) is 2.56. The first-order valence-electron chi connectivity index (χ1n) is 7.40. The summed E-state index contributed by atoms with van der Waals surface area (Å²) in [5.41, 5.74) is 1.01. The molecule has 5 heteroatoms. The molecular weight excluding hydrogens is 314 g/mol. The molecule has 23 heavy (non-hydrogen) atoms. The summed E-state index contributed by atoms with van der Waals surface area (Å²) in [6.07, 6.45) is 0.296. The fraction of sp³-hybridized carbons (Fsp3) is 0.278. The van der Waals surface area contributed by atoms with E-state index in [1.807, 2.05) is 55.5 Å². The van der Waals surface area contributed by atoms with E-state index in [0.717, 1.165) is 11.3 Å². The Morgan fingerprint density at radius 1 is 1.09 bits per heavy atom. The van der Waals surface area contributed by atoms with Crippen LogP contribution in [0.2, 0.25) is 5.02 Å². The van der Waals surface area contributed by atoms with Gasteiger partial charge in [-0.3, -0.25) is 4.79 Å². The van der Waals surface area contributed by atoms with Crippen LogP contribution in [0.3, 0.4) is 0 Å². The Morgan fingerprint density at radius 3 is 2.30 bits per heavy atom. The molecule has 122 valence electrons. The van der Waals surface area contributed by atoms with Crippen LogP contribution in [0.1, 0.15) is 24.9 Å². The van der Waals surface area contributed by atoms with Crippen LogP contribution in [0.25, 0.3) is 0 Å². The van der Waals surface area contributed by atoms with Gasteiger partial charge >= 0.3 is 0 Å². The highest BCUT2D eigenvalue weighted by molar-refractivity contribution is 6.30. The molecule has 0 saturated heterocycles. The summed E-state index contributed by atoms with van der Waals surface area (Å²) in [6.45, 7) is 2.26. The molecule has 0 aliphatic carbocycles. The highest BCUT2D eigenvalue weighted by atomic mass is 35.5. The third-order valence-electron chi connectivity index (χ3n) is 3.40. The van der Waals surface area contributed by atoms with Crippen LogP contribution in [0.4, 0.5) is 0 Å². The van der Waals surface area contributed by atoms with Crippen LogP contribution in [0.15, 0.2) is 48.5 Å². The molecule has 0 saturated carbocycles. The zero-order chi connectivity index (χ0) is 16.7. The van der Waals surface area contributed by atoms with Crippen molar-refractivity contribution in [3.05, 3.63) is 59.1 Å². The summed E-state index contributed by atoms with van der Waals surface area (Å²) in [5.74, 6) is 1.43. The number of carbonyl (C=O) groups is 1. The lowest BCUT2D eigenvalue weighted by atomic mass is 10.1. The first-order chi connectivity index (χ1) is 11.1. The van der Waals surface area contributed by atoms with Gasteiger partial charge < -0.3 is 14.8 Å². The first kappa shape index (κ1) is 17.2. The lowest BCUT2D eigenvalue weighted by Gasteiger charge is -2.14. The van der Waals surface area contributed by atoms with Crippen molar-refractivity contribution in [2.24, 2.45) is 0 Å². The Morgan fingerprint density at radius 2 is 1.70 bits per heavy atom. The molecule has 0 aliphatic heterocycles. The van der Waals surface area contributed by atoms with Crippen LogP contribution in [-0.4, -0.2) is 19.6 Å². The second kappa shape index (κ2) is 8.44. The van der Waals surface area contributed by atoms with Crippen molar-refractivity contribution in [3.63, 3.8) is 0 Å². The summed E-state index contributed by atoms with van der Waals surface area (Å²) in [6, 6.07) is 14.6. The van der Waals surface area contributed by atoms with Crippen molar-refractivity contribution in [2.75, 3.05) is 13.7 Å². The van der Waals surface area contributed by atoms with Gasteiger partial charge in [-0.15, -0.1) is 0 Å². The van der Waals surface area contributed by atoms with Crippen molar-refractivity contribution in [1.82, 2.24) is 5.32 Å². The van der Waals surface area contributed by atoms with Gasteiger partial charge in [0, 0.05) is 5.02 Å². The van der Waals surface area contributed by atoms with Crippen molar-refractivity contribution < 1.29 is 14.3 Å². The summed E-state index contributed by atoms with van der Waals surface area (Å²) in [5, 5.41) is 3.62. The topological polar surface area (TPSA) is 47.6 Å². The largest absolute Gasteiger partial charge is 0.497 e. The maximum Gasteiger partial charge on any atom is 0.223 e. The van der Waals surface area contributed by atoms with Crippen LogP contribution in [0, 0.1) is 0 Å². The second-order valence-electron chi connectivity index (χ2n) is 5.11. The monoisotopic (exact) mass is 333 g/mol. The molecule has 1 N–H and O–H groups in total.